The minimum Gasteiger partial charge on any atom is -0.484 e. The molecule has 1 heterocycles. The fourth-order valence-electron chi connectivity index (χ4n) is 2.97. The second-order valence-corrected chi connectivity index (χ2v) is 7.63. The van der Waals surface area contributed by atoms with Crippen LogP contribution in [-0.4, -0.2) is 37.2 Å². The van der Waals surface area contributed by atoms with Gasteiger partial charge in [-0.2, -0.15) is 0 Å². The minimum atomic E-state index is -0.521. The standard InChI is InChI=1S/C21H22Cl2N2O4/c22-15-4-7-18(8-5-15)28-13-20(26)25-17-6-9-19(29-12-17)21(27)24-11-14-2-1-3-16(23)10-14/h1-5,7-8,10,17,19H,6,9,11-13H2,(H,24,27)(H,25,26)/t17-,19+/m1/s1. The number of hydrogen-bond acceptors (Lipinski definition) is 4. The predicted molar refractivity (Wildman–Crippen MR) is 111 cm³/mol. The normalized spacial score (nSPS) is 18.7. The predicted octanol–water partition coefficient (Wildman–Crippen LogP) is 3.35. The average molecular weight is 437 g/mol. The van der Waals surface area contributed by atoms with Gasteiger partial charge in [-0.1, -0.05) is 35.3 Å². The van der Waals surface area contributed by atoms with Gasteiger partial charge in [0.25, 0.3) is 5.91 Å². The molecule has 29 heavy (non-hydrogen) atoms. The second kappa shape index (κ2) is 10.5. The summed E-state index contributed by atoms with van der Waals surface area (Å²) in [6.45, 7) is 0.574. The molecular weight excluding hydrogens is 415 g/mol. The van der Waals surface area contributed by atoms with E-state index in [1.165, 1.54) is 0 Å². The van der Waals surface area contributed by atoms with Gasteiger partial charge >= 0.3 is 0 Å². The third-order valence-electron chi connectivity index (χ3n) is 4.47. The Labute approximate surface area is 179 Å². The van der Waals surface area contributed by atoms with Crippen LogP contribution in [0.3, 0.4) is 0 Å². The highest BCUT2D eigenvalue weighted by molar-refractivity contribution is 6.30. The average Bonchev–Trinajstić information content (AvgIpc) is 2.72. The summed E-state index contributed by atoms with van der Waals surface area (Å²) in [4.78, 5) is 24.3. The lowest BCUT2D eigenvalue weighted by molar-refractivity contribution is -0.137. The maximum absolute atomic E-state index is 12.3. The summed E-state index contributed by atoms with van der Waals surface area (Å²) in [7, 11) is 0. The molecule has 1 fully saturated rings. The van der Waals surface area contributed by atoms with Gasteiger partial charge in [-0.3, -0.25) is 9.59 Å². The summed E-state index contributed by atoms with van der Waals surface area (Å²) in [5, 5.41) is 6.95. The van der Waals surface area contributed by atoms with Crippen LogP contribution < -0.4 is 15.4 Å². The number of halogens is 2. The summed E-state index contributed by atoms with van der Waals surface area (Å²) < 4.78 is 11.1. The molecule has 3 rings (SSSR count). The van der Waals surface area contributed by atoms with Crippen molar-refractivity contribution in [3.63, 3.8) is 0 Å². The molecule has 0 aliphatic carbocycles. The summed E-state index contributed by atoms with van der Waals surface area (Å²) in [5.41, 5.74) is 0.924. The first-order valence-electron chi connectivity index (χ1n) is 9.31. The first-order chi connectivity index (χ1) is 14.0. The largest absolute Gasteiger partial charge is 0.484 e. The Kier molecular flexibility index (Phi) is 7.75. The van der Waals surface area contributed by atoms with E-state index >= 15 is 0 Å². The molecule has 0 unspecified atom stereocenters. The van der Waals surface area contributed by atoms with Gasteiger partial charge < -0.3 is 20.1 Å². The lowest BCUT2D eigenvalue weighted by Crippen LogP contribution is -2.48. The van der Waals surface area contributed by atoms with Gasteiger partial charge in [0.2, 0.25) is 5.91 Å². The Balaban J connectivity index is 1.35. The van der Waals surface area contributed by atoms with Crippen LogP contribution >= 0.6 is 23.2 Å². The number of benzene rings is 2. The molecule has 8 heteroatoms. The zero-order chi connectivity index (χ0) is 20.6. The van der Waals surface area contributed by atoms with E-state index in [0.717, 1.165) is 5.56 Å². The number of amides is 2. The van der Waals surface area contributed by atoms with Gasteiger partial charge in [0, 0.05) is 16.6 Å². The first kappa shape index (κ1) is 21.4. The lowest BCUT2D eigenvalue weighted by atomic mass is 10.0. The number of ether oxygens (including phenoxy) is 2. The molecule has 0 bridgehead atoms. The monoisotopic (exact) mass is 436 g/mol. The Morgan fingerprint density at radius 2 is 1.86 bits per heavy atom. The van der Waals surface area contributed by atoms with Crippen LogP contribution in [0.15, 0.2) is 48.5 Å². The van der Waals surface area contributed by atoms with E-state index in [-0.39, 0.29) is 31.1 Å². The quantitative estimate of drug-likeness (QED) is 0.697. The van der Waals surface area contributed by atoms with Crippen molar-refractivity contribution >= 4 is 35.0 Å². The van der Waals surface area contributed by atoms with Gasteiger partial charge in [-0.25, -0.2) is 0 Å². The van der Waals surface area contributed by atoms with Crippen molar-refractivity contribution in [1.29, 1.82) is 0 Å². The van der Waals surface area contributed by atoms with E-state index in [0.29, 0.717) is 35.2 Å². The van der Waals surface area contributed by atoms with Crippen LogP contribution in [0, 0.1) is 0 Å². The van der Waals surface area contributed by atoms with E-state index in [1.807, 2.05) is 12.1 Å². The molecule has 2 aromatic carbocycles. The Morgan fingerprint density at radius 3 is 2.55 bits per heavy atom. The SMILES string of the molecule is O=C(COc1ccc(Cl)cc1)N[C@@H]1CC[C@@H](C(=O)NCc2cccc(Cl)c2)OC1. The van der Waals surface area contributed by atoms with Crippen LogP contribution in [0.1, 0.15) is 18.4 Å². The van der Waals surface area contributed by atoms with Crippen molar-refractivity contribution in [3.8, 4) is 5.75 Å². The minimum absolute atomic E-state index is 0.0956. The van der Waals surface area contributed by atoms with Crippen LogP contribution in [0.4, 0.5) is 0 Å². The van der Waals surface area contributed by atoms with Gasteiger partial charge in [-0.15, -0.1) is 0 Å². The fourth-order valence-corrected chi connectivity index (χ4v) is 3.31. The highest BCUT2D eigenvalue weighted by Gasteiger charge is 2.27. The van der Waals surface area contributed by atoms with Crippen LogP contribution in [0.5, 0.6) is 5.75 Å². The van der Waals surface area contributed by atoms with Gasteiger partial charge in [0.1, 0.15) is 11.9 Å². The summed E-state index contributed by atoms with van der Waals surface area (Å²) >= 11 is 11.8. The molecule has 0 spiro atoms. The van der Waals surface area contributed by atoms with Crippen LogP contribution in [0.25, 0.3) is 0 Å². The third kappa shape index (κ3) is 6.92. The number of hydrogen-bond donors (Lipinski definition) is 2. The summed E-state index contributed by atoms with van der Waals surface area (Å²) in [5.74, 6) is 0.166. The molecule has 6 nitrogen and oxygen atoms in total. The molecular formula is C21H22Cl2N2O4. The lowest BCUT2D eigenvalue weighted by Gasteiger charge is -2.28. The topological polar surface area (TPSA) is 76.7 Å². The van der Waals surface area contributed by atoms with Crippen molar-refractivity contribution in [2.24, 2.45) is 0 Å². The maximum Gasteiger partial charge on any atom is 0.258 e. The molecule has 2 atom stereocenters. The van der Waals surface area contributed by atoms with Crippen LogP contribution in [-0.2, 0) is 20.9 Å². The highest BCUT2D eigenvalue weighted by Crippen LogP contribution is 2.17. The molecule has 0 radical (unpaired) electrons. The molecule has 2 aromatic rings. The highest BCUT2D eigenvalue weighted by atomic mass is 35.5. The molecule has 154 valence electrons. The second-order valence-electron chi connectivity index (χ2n) is 6.75. The maximum atomic E-state index is 12.3. The van der Waals surface area contributed by atoms with Crippen molar-refractivity contribution < 1.29 is 19.1 Å². The number of rotatable bonds is 7. The van der Waals surface area contributed by atoms with Crippen molar-refractivity contribution in [1.82, 2.24) is 10.6 Å². The fraction of sp³-hybridized carbons (Fsp3) is 0.333. The molecule has 1 saturated heterocycles. The number of carbonyl (C=O) groups is 2. The van der Waals surface area contributed by atoms with Gasteiger partial charge in [-0.05, 0) is 54.8 Å². The van der Waals surface area contributed by atoms with E-state index in [2.05, 4.69) is 10.6 Å². The van der Waals surface area contributed by atoms with Crippen LogP contribution in [0.2, 0.25) is 10.0 Å². The zero-order valence-corrected chi connectivity index (χ0v) is 17.2. The number of carbonyl (C=O) groups excluding carboxylic acids is 2. The van der Waals surface area contributed by atoms with E-state index in [1.54, 1.807) is 36.4 Å². The van der Waals surface area contributed by atoms with Crippen molar-refractivity contribution in [2.75, 3.05) is 13.2 Å². The zero-order valence-electron chi connectivity index (χ0n) is 15.7. The third-order valence-corrected chi connectivity index (χ3v) is 4.96. The molecule has 0 aromatic heterocycles. The first-order valence-corrected chi connectivity index (χ1v) is 10.1. The van der Waals surface area contributed by atoms with Gasteiger partial charge in [0.05, 0.1) is 12.6 Å². The van der Waals surface area contributed by atoms with E-state index < -0.39 is 6.10 Å². The number of nitrogens with one attached hydrogen (secondary N) is 2. The van der Waals surface area contributed by atoms with Crippen molar-refractivity contribution in [3.05, 3.63) is 64.1 Å². The van der Waals surface area contributed by atoms with E-state index in [4.69, 9.17) is 32.7 Å². The summed E-state index contributed by atoms with van der Waals surface area (Å²) in [6, 6.07) is 14.0. The molecule has 0 saturated carbocycles. The molecule has 2 amide bonds. The smallest absolute Gasteiger partial charge is 0.258 e. The molecule has 1 aliphatic rings. The Morgan fingerprint density at radius 1 is 1.07 bits per heavy atom. The molecule has 1 aliphatic heterocycles. The van der Waals surface area contributed by atoms with Gasteiger partial charge in [0.15, 0.2) is 6.61 Å². The van der Waals surface area contributed by atoms with E-state index in [9.17, 15) is 9.59 Å². The Hall–Kier alpha value is -2.28. The molecule has 2 N–H and O–H groups in total. The Bertz CT molecular complexity index is 837. The van der Waals surface area contributed by atoms with Crippen molar-refractivity contribution in [2.45, 2.75) is 31.5 Å². The summed E-state index contributed by atoms with van der Waals surface area (Å²) in [6.07, 6.45) is 0.666.